The number of thiazole rings is 1. The molecule has 0 unspecified atom stereocenters. The van der Waals surface area contributed by atoms with E-state index in [1.54, 1.807) is 18.2 Å². The van der Waals surface area contributed by atoms with Gasteiger partial charge in [0.1, 0.15) is 5.01 Å². The van der Waals surface area contributed by atoms with Gasteiger partial charge >= 0.3 is 6.18 Å². The number of hydrogen-bond donors (Lipinski definition) is 1. The number of rotatable bonds is 9. The predicted molar refractivity (Wildman–Crippen MR) is 124 cm³/mol. The first-order valence-electron chi connectivity index (χ1n) is 10.1. The van der Waals surface area contributed by atoms with Gasteiger partial charge in [-0.15, -0.1) is 11.3 Å². The van der Waals surface area contributed by atoms with Crippen LogP contribution >= 0.6 is 11.3 Å². The van der Waals surface area contributed by atoms with Crippen LogP contribution in [-0.4, -0.2) is 38.8 Å². The van der Waals surface area contributed by atoms with Gasteiger partial charge in [0.05, 0.1) is 32.6 Å². The van der Waals surface area contributed by atoms with Gasteiger partial charge in [0.25, 0.3) is 0 Å². The topological polar surface area (TPSA) is 69.7 Å². The Balaban J connectivity index is 1.55. The Morgan fingerprint density at radius 1 is 1.06 bits per heavy atom. The summed E-state index contributed by atoms with van der Waals surface area (Å²) in [6.07, 6.45) is -0.855. The Labute approximate surface area is 199 Å². The van der Waals surface area contributed by atoms with E-state index in [1.807, 2.05) is 5.38 Å². The van der Waals surface area contributed by atoms with E-state index in [0.717, 1.165) is 17.8 Å². The molecule has 1 amide bonds. The van der Waals surface area contributed by atoms with Crippen molar-refractivity contribution in [3.63, 3.8) is 0 Å². The fourth-order valence-electron chi connectivity index (χ4n) is 3.10. The largest absolute Gasteiger partial charge is 0.493 e. The summed E-state index contributed by atoms with van der Waals surface area (Å²) in [6, 6.07) is 8.34. The van der Waals surface area contributed by atoms with Crippen LogP contribution in [0.25, 0.3) is 16.6 Å². The molecule has 34 heavy (non-hydrogen) atoms. The van der Waals surface area contributed by atoms with Crippen LogP contribution in [0, 0.1) is 0 Å². The van der Waals surface area contributed by atoms with Crippen molar-refractivity contribution < 1.29 is 32.2 Å². The van der Waals surface area contributed by atoms with Crippen LogP contribution in [0.1, 0.15) is 16.8 Å². The summed E-state index contributed by atoms with van der Waals surface area (Å²) in [5.74, 6) is 1.14. The molecule has 2 aromatic carbocycles. The van der Waals surface area contributed by atoms with Crippen LogP contribution in [0.2, 0.25) is 0 Å². The summed E-state index contributed by atoms with van der Waals surface area (Å²) < 4.78 is 54.0. The lowest BCUT2D eigenvalue weighted by Crippen LogP contribution is -2.23. The van der Waals surface area contributed by atoms with E-state index in [0.29, 0.717) is 46.3 Å². The molecule has 1 heterocycles. The highest BCUT2D eigenvalue weighted by Crippen LogP contribution is 2.38. The molecule has 3 rings (SSSR count). The van der Waals surface area contributed by atoms with Crippen molar-refractivity contribution in [3.8, 4) is 27.8 Å². The lowest BCUT2D eigenvalue weighted by molar-refractivity contribution is -0.137. The van der Waals surface area contributed by atoms with E-state index < -0.39 is 11.7 Å². The minimum atomic E-state index is -4.37. The number of ether oxygens (including phenoxy) is 3. The number of benzene rings is 2. The third-order valence-corrected chi connectivity index (χ3v) is 5.75. The summed E-state index contributed by atoms with van der Waals surface area (Å²) in [4.78, 5) is 16.6. The first kappa shape index (κ1) is 25.1. The Morgan fingerprint density at radius 3 is 2.26 bits per heavy atom. The average Bonchev–Trinajstić information content (AvgIpc) is 3.30. The van der Waals surface area contributed by atoms with Crippen LogP contribution in [0.15, 0.2) is 47.9 Å². The highest BCUT2D eigenvalue weighted by Gasteiger charge is 2.30. The molecule has 1 aromatic heterocycles. The Kier molecular flexibility index (Phi) is 8.17. The van der Waals surface area contributed by atoms with Crippen molar-refractivity contribution in [2.24, 2.45) is 0 Å². The van der Waals surface area contributed by atoms with Gasteiger partial charge < -0.3 is 19.5 Å². The second-order valence-electron chi connectivity index (χ2n) is 7.05. The Hall–Kier alpha value is -3.53. The van der Waals surface area contributed by atoms with Crippen LogP contribution in [0.5, 0.6) is 17.2 Å². The second kappa shape index (κ2) is 11.1. The number of alkyl halides is 3. The van der Waals surface area contributed by atoms with Gasteiger partial charge in [-0.1, -0.05) is 12.1 Å². The third kappa shape index (κ3) is 6.28. The van der Waals surface area contributed by atoms with Crippen LogP contribution in [0.4, 0.5) is 13.2 Å². The fraction of sp³-hybridized carbons (Fsp3) is 0.250. The highest BCUT2D eigenvalue weighted by atomic mass is 32.1. The number of nitrogens with one attached hydrogen (secondary N) is 1. The van der Waals surface area contributed by atoms with Crippen LogP contribution in [-0.2, 0) is 17.4 Å². The molecule has 1 N–H and O–H groups in total. The molecule has 3 aromatic rings. The van der Waals surface area contributed by atoms with Gasteiger partial charge in [-0.2, -0.15) is 13.2 Å². The molecule has 10 heteroatoms. The lowest BCUT2D eigenvalue weighted by atomic mass is 10.1. The van der Waals surface area contributed by atoms with Crippen molar-refractivity contribution in [2.45, 2.75) is 12.6 Å². The Morgan fingerprint density at radius 2 is 1.71 bits per heavy atom. The smallest absolute Gasteiger partial charge is 0.416 e. The zero-order valence-corrected chi connectivity index (χ0v) is 19.5. The van der Waals surface area contributed by atoms with E-state index in [2.05, 4.69) is 10.3 Å². The molecule has 0 bridgehead atoms. The summed E-state index contributed by atoms with van der Waals surface area (Å²) in [7, 11) is 4.54. The number of carbonyl (C=O) groups excluding carboxylic acids is 1. The standard InChI is InChI=1S/C24H23F3N2O4S/c1-31-19-12-15(13-20(32-2)22(19)33-3)4-9-21(30)28-11-10-18-14-34-23(29-18)16-5-7-17(8-6-16)24(25,26)27/h4-9,12-14H,10-11H2,1-3H3,(H,28,30)/b9-4+. The molecule has 0 atom stereocenters. The van der Waals surface area contributed by atoms with E-state index in [4.69, 9.17) is 14.2 Å². The van der Waals surface area contributed by atoms with Gasteiger partial charge in [-0.25, -0.2) is 4.98 Å². The van der Waals surface area contributed by atoms with Crippen molar-refractivity contribution >= 4 is 23.3 Å². The summed E-state index contributed by atoms with van der Waals surface area (Å²) >= 11 is 1.34. The number of nitrogens with zero attached hydrogens (tertiary/aromatic N) is 1. The van der Waals surface area contributed by atoms with Crippen molar-refractivity contribution in [1.82, 2.24) is 10.3 Å². The maximum absolute atomic E-state index is 12.7. The molecule has 0 aliphatic heterocycles. The second-order valence-corrected chi connectivity index (χ2v) is 7.91. The SMILES string of the molecule is COc1cc(/C=C/C(=O)NCCc2csc(-c3ccc(C(F)(F)F)cc3)n2)cc(OC)c1OC. The Bertz CT molecular complexity index is 1130. The van der Waals surface area contributed by atoms with Gasteiger partial charge in [0.15, 0.2) is 11.5 Å². The fourth-order valence-corrected chi connectivity index (χ4v) is 3.96. The molecular formula is C24H23F3N2O4S. The molecule has 0 saturated carbocycles. The molecule has 6 nitrogen and oxygen atoms in total. The number of aromatic nitrogens is 1. The molecule has 0 spiro atoms. The van der Waals surface area contributed by atoms with Crippen LogP contribution in [0.3, 0.4) is 0 Å². The van der Waals surface area contributed by atoms with Crippen molar-refractivity contribution in [2.75, 3.05) is 27.9 Å². The van der Waals surface area contributed by atoms with E-state index >= 15 is 0 Å². The third-order valence-electron chi connectivity index (χ3n) is 4.81. The molecule has 0 aliphatic carbocycles. The normalized spacial score (nSPS) is 11.5. The molecule has 0 saturated heterocycles. The monoisotopic (exact) mass is 492 g/mol. The van der Waals surface area contributed by atoms with Gasteiger partial charge in [0.2, 0.25) is 11.7 Å². The first-order valence-corrected chi connectivity index (χ1v) is 11.0. The number of methoxy groups -OCH3 is 3. The first-order chi connectivity index (χ1) is 16.2. The molecular weight excluding hydrogens is 469 g/mol. The number of halogens is 3. The highest BCUT2D eigenvalue weighted by molar-refractivity contribution is 7.13. The van der Waals surface area contributed by atoms with Crippen molar-refractivity contribution in [1.29, 1.82) is 0 Å². The number of amides is 1. The molecule has 180 valence electrons. The molecule has 0 radical (unpaired) electrons. The van der Waals surface area contributed by atoms with E-state index in [9.17, 15) is 18.0 Å². The van der Waals surface area contributed by atoms with E-state index in [1.165, 1.54) is 50.9 Å². The predicted octanol–water partition coefficient (Wildman–Crippen LogP) is 5.23. The quantitative estimate of drug-likeness (QED) is 0.415. The van der Waals surface area contributed by atoms with Crippen LogP contribution < -0.4 is 19.5 Å². The number of carbonyl (C=O) groups is 1. The molecule has 0 fully saturated rings. The summed E-state index contributed by atoms with van der Waals surface area (Å²) in [5, 5.41) is 5.23. The maximum atomic E-state index is 12.7. The summed E-state index contributed by atoms with van der Waals surface area (Å²) in [5.41, 5.74) is 1.36. The van der Waals surface area contributed by atoms with Gasteiger partial charge in [-0.3, -0.25) is 4.79 Å². The molecule has 0 aliphatic rings. The minimum absolute atomic E-state index is 0.285. The zero-order chi connectivity index (χ0) is 24.7. The lowest BCUT2D eigenvalue weighted by Gasteiger charge is -2.12. The van der Waals surface area contributed by atoms with Gasteiger partial charge in [-0.05, 0) is 35.9 Å². The number of hydrogen-bond acceptors (Lipinski definition) is 6. The maximum Gasteiger partial charge on any atom is 0.416 e. The minimum Gasteiger partial charge on any atom is -0.493 e. The summed E-state index contributed by atoms with van der Waals surface area (Å²) in [6.45, 7) is 0.356. The van der Waals surface area contributed by atoms with Gasteiger partial charge in [0, 0.05) is 30.0 Å². The zero-order valence-electron chi connectivity index (χ0n) is 18.7. The average molecular weight is 493 g/mol. The van der Waals surface area contributed by atoms with Crippen molar-refractivity contribution in [3.05, 3.63) is 64.7 Å². The van der Waals surface area contributed by atoms with E-state index in [-0.39, 0.29) is 5.91 Å².